The number of piperidine rings is 1. The summed E-state index contributed by atoms with van der Waals surface area (Å²) in [7, 11) is -3.48. The molecule has 3 rings (SSSR count). The van der Waals surface area contributed by atoms with Gasteiger partial charge in [0.2, 0.25) is 10.0 Å². The molecule has 6 nitrogen and oxygen atoms in total. The first-order valence-corrected chi connectivity index (χ1v) is 11.5. The van der Waals surface area contributed by atoms with Gasteiger partial charge in [-0.15, -0.1) is 0 Å². The van der Waals surface area contributed by atoms with Crippen molar-refractivity contribution in [2.75, 3.05) is 18.4 Å². The molecule has 156 valence electrons. The van der Waals surface area contributed by atoms with Crippen LogP contribution in [0, 0.1) is 0 Å². The number of hydrogen-bond donors (Lipinski definition) is 1. The Morgan fingerprint density at radius 3 is 2.45 bits per heavy atom. The lowest BCUT2D eigenvalue weighted by atomic mass is 10.2. The van der Waals surface area contributed by atoms with Crippen LogP contribution in [0.2, 0.25) is 0 Å². The highest BCUT2D eigenvalue weighted by atomic mass is 32.2. The first-order valence-electron chi connectivity index (χ1n) is 10.1. The molecule has 7 heteroatoms. The summed E-state index contributed by atoms with van der Waals surface area (Å²) in [6.45, 7) is 5.15. The number of carbonyl (C=O) groups is 1. The lowest BCUT2D eigenvalue weighted by Crippen LogP contribution is -2.35. The van der Waals surface area contributed by atoms with Crippen LogP contribution in [-0.4, -0.2) is 37.8 Å². The van der Waals surface area contributed by atoms with Gasteiger partial charge in [-0.3, -0.25) is 4.79 Å². The van der Waals surface area contributed by atoms with Crippen LogP contribution in [0.3, 0.4) is 0 Å². The zero-order valence-corrected chi connectivity index (χ0v) is 17.7. The zero-order chi connectivity index (χ0) is 20.9. The summed E-state index contributed by atoms with van der Waals surface area (Å²) in [6.07, 6.45) is 3.81. The number of ether oxygens (including phenoxy) is 1. The van der Waals surface area contributed by atoms with E-state index in [1.165, 1.54) is 4.31 Å². The van der Waals surface area contributed by atoms with Crippen molar-refractivity contribution in [3.8, 4) is 5.75 Å². The highest BCUT2D eigenvalue weighted by molar-refractivity contribution is 7.89. The van der Waals surface area contributed by atoms with Gasteiger partial charge >= 0.3 is 0 Å². The second-order valence-electron chi connectivity index (χ2n) is 7.31. The maximum atomic E-state index is 12.7. The minimum Gasteiger partial charge on any atom is -0.491 e. The summed E-state index contributed by atoms with van der Waals surface area (Å²) in [4.78, 5) is 12.8. The van der Waals surface area contributed by atoms with E-state index in [1.54, 1.807) is 42.5 Å². The molecule has 0 radical (unpaired) electrons. The van der Waals surface area contributed by atoms with Crippen LogP contribution < -0.4 is 10.1 Å². The van der Waals surface area contributed by atoms with Crippen LogP contribution >= 0.6 is 0 Å². The summed E-state index contributed by atoms with van der Waals surface area (Å²) in [5, 5.41) is 2.81. The Balaban J connectivity index is 1.68. The molecule has 1 unspecified atom stereocenters. The molecule has 0 aliphatic carbocycles. The summed E-state index contributed by atoms with van der Waals surface area (Å²) >= 11 is 0. The molecule has 2 aromatic rings. The van der Waals surface area contributed by atoms with E-state index in [4.69, 9.17) is 4.74 Å². The maximum Gasteiger partial charge on any atom is 0.255 e. The largest absolute Gasteiger partial charge is 0.491 e. The van der Waals surface area contributed by atoms with E-state index < -0.39 is 10.0 Å². The number of benzene rings is 2. The average molecular weight is 417 g/mol. The predicted octanol–water partition coefficient (Wildman–Crippen LogP) is 4.29. The monoisotopic (exact) mass is 416 g/mol. The number of sulfonamides is 1. The van der Waals surface area contributed by atoms with Gasteiger partial charge in [-0.05, 0) is 68.7 Å². The molecule has 1 aliphatic rings. The highest BCUT2D eigenvalue weighted by Crippen LogP contribution is 2.23. The van der Waals surface area contributed by atoms with Gasteiger partial charge in [-0.2, -0.15) is 4.31 Å². The maximum absolute atomic E-state index is 12.7. The van der Waals surface area contributed by atoms with Crippen molar-refractivity contribution in [1.29, 1.82) is 0 Å². The van der Waals surface area contributed by atoms with E-state index in [1.807, 2.05) is 19.9 Å². The third-order valence-electron chi connectivity index (χ3n) is 5.07. The quantitative estimate of drug-likeness (QED) is 0.730. The smallest absolute Gasteiger partial charge is 0.255 e. The van der Waals surface area contributed by atoms with E-state index in [0.29, 0.717) is 30.1 Å². The van der Waals surface area contributed by atoms with E-state index in [-0.39, 0.29) is 16.9 Å². The number of hydrogen-bond acceptors (Lipinski definition) is 4. The minimum atomic E-state index is -3.48. The lowest BCUT2D eigenvalue weighted by molar-refractivity contribution is 0.102. The Morgan fingerprint density at radius 1 is 1.10 bits per heavy atom. The van der Waals surface area contributed by atoms with Gasteiger partial charge in [0, 0.05) is 24.3 Å². The number of nitrogens with one attached hydrogen (secondary N) is 1. The van der Waals surface area contributed by atoms with Gasteiger partial charge in [0.05, 0.1) is 11.0 Å². The van der Waals surface area contributed by atoms with E-state index in [0.717, 1.165) is 25.7 Å². The Hall–Kier alpha value is -2.38. The normalized spacial score (nSPS) is 16.2. The van der Waals surface area contributed by atoms with Crippen LogP contribution in [0.1, 0.15) is 49.9 Å². The van der Waals surface area contributed by atoms with Crippen molar-refractivity contribution in [1.82, 2.24) is 4.31 Å². The van der Waals surface area contributed by atoms with Crippen molar-refractivity contribution in [3.63, 3.8) is 0 Å². The zero-order valence-electron chi connectivity index (χ0n) is 16.9. The topological polar surface area (TPSA) is 75.7 Å². The van der Waals surface area contributed by atoms with Crippen molar-refractivity contribution in [2.24, 2.45) is 0 Å². The predicted molar refractivity (Wildman–Crippen MR) is 114 cm³/mol. The SMILES string of the molecule is CCC(C)Oc1cccc(C(=O)Nc2ccc(S(=O)(=O)N3CCCCC3)cc2)c1. The molecule has 0 aromatic heterocycles. The summed E-state index contributed by atoms with van der Waals surface area (Å²) in [6, 6.07) is 13.3. The van der Waals surface area contributed by atoms with Gasteiger partial charge in [-0.1, -0.05) is 19.4 Å². The van der Waals surface area contributed by atoms with Crippen LogP contribution in [0.4, 0.5) is 5.69 Å². The Bertz CT molecular complexity index is 936. The lowest BCUT2D eigenvalue weighted by Gasteiger charge is -2.25. The average Bonchev–Trinajstić information content (AvgIpc) is 2.75. The van der Waals surface area contributed by atoms with Gasteiger partial charge in [0.25, 0.3) is 5.91 Å². The molecular formula is C22H28N2O4S. The fraction of sp³-hybridized carbons (Fsp3) is 0.409. The molecule has 1 heterocycles. The van der Waals surface area contributed by atoms with Gasteiger partial charge in [-0.25, -0.2) is 8.42 Å². The van der Waals surface area contributed by atoms with Crippen molar-refractivity contribution in [2.45, 2.75) is 50.5 Å². The van der Waals surface area contributed by atoms with Crippen LogP contribution in [0.25, 0.3) is 0 Å². The highest BCUT2D eigenvalue weighted by Gasteiger charge is 2.25. The summed E-state index contributed by atoms with van der Waals surface area (Å²) in [5.74, 6) is 0.376. The Morgan fingerprint density at radius 2 is 1.79 bits per heavy atom. The molecule has 0 bridgehead atoms. The third-order valence-corrected chi connectivity index (χ3v) is 6.99. The molecule has 1 fully saturated rings. The van der Waals surface area contributed by atoms with Crippen LogP contribution in [0.5, 0.6) is 5.75 Å². The first-order chi connectivity index (χ1) is 13.9. The van der Waals surface area contributed by atoms with Gasteiger partial charge in [0.1, 0.15) is 5.75 Å². The molecule has 1 saturated heterocycles. The van der Waals surface area contributed by atoms with E-state index in [9.17, 15) is 13.2 Å². The fourth-order valence-corrected chi connectivity index (χ4v) is 4.71. The van der Waals surface area contributed by atoms with Gasteiger partial charge in [0.15, 0.2) is 0 Å². The van der Waals surface area contributed by atoms with Crippen LogP contribution in [-0.2, 0) is 10.0 Å². The van der Waals surface area contributed by atoms with E-state index >= 15 is 0 Å². The molecular weight excluding hydrogens is 388 g/mol. The standard InChI is InChI=1S/C22H28N2O4S/c1-3-17(2)28-20-9-7-8-18(16-20)22(25)23-19-10-12-21(13-11-19)29(26,27)24-14-5-4-6-15-24/h7-13,16-17H,3-6,14-15H2,1-2H3,(H,23,25). The van der Waals surface area contributed by atoms with Crippen molar-refractivity contribution in [3.05, 3.63) is 54.1 Å². The van der Waals surface area contributed by atoms with Crippen molar-refractivity contribution < 1.29 is 17.9 Å². The number of rotatable bonds is 7. The Labute approximate surface area is 172 Å². The molecule has 29 heavy (non-hydrogen) atoms. The third kappa shape index (κ3) is 5.36. The molecule has 2 aromatic carbocycles. The molecule has 0 saturated carbocycles. The molecule has 1 N–H and O–H groups in total. The molecule has 1 amide bonds. The molecule has 1 atom stereocenters. The molecule has 0 spiro atoms. The number of anilines is 1. The Kier molecular flexibility index (Phi) is 6.92. The fourth-order valence-electron chi connectivity index (χ4n) is 3.19. The number of nitrogens with zero attached hydrogens (tertiary/aromatic N) is 1. The summed E-state index contributed by atoms with van der Waals surface area (Å²) < 4.78 is 32.7. The minimum absolute atomic E-state index is 0.0720. The van der Waals surface area contributed by atoms with Crippen LogP contribution in [0.15, 0.2) is 53.4 Å². The molecule has 1 aliphatic heterocycles. The van der Waals surface area contributed by atoms with Gasteiger partial charge < -0.3 is 10.1 Å². The second kappa shape index (κ2) is 9.41. The second-order valence-corrected chi connectivity index (χ2v) is 9.25. The van der Waals surface area contributed by atoms with E-state index in [2.05, 4.69) is 5.32 Å². The number of carbonyl (C=O) groups excluding carboxylic acids is 1. The first kappa shape index (κ1) is 21.3. The summed E-state index contributed by atoms with van der Waals surface area (Å²) in [5.41, 5.74) is 1.02. The van der Waals surface area contributed by atoms with Crippen molar-refractivity contribution >= 4 is 21.6 Å². The number of amides is 1.